The van der Waals surface area contributed by atoms with Gasteiger partial charge in [0.2, 0.25) is 5.91 Å². The van der Waals surface area contributed by atoms with Crippen molar-refractivity contribution in [2.45, 2.75) is 33.6 Å². The van der Waals surface area contributed by atoms with E-state index in [1.807, 2.05) is 45.0 Å². The van der Waals surface area contributed by atoms with E-state index in [0.717, 1.165) is 11.3 Å². The second-order valence-electron chi connectivity index (χ2n) is 6.89. The summed E-state index contributed by atoms with van der Waals surface area (Å²) in [5, 5.41) is 2.82. The van der Waals surface area contributed by atoms with Gasteiger partial charge in [0.05, 0.1) is 18.8 Å². The van der Waals surface area contributed by atoms with Crippen molar-refractivity contribution in [3.8, 4) is 5.75 Å². The molecule has 0 aromatic heterocycles. The van der Waals surface area contributed by atoms with Crippen molar-refractivity contribution in [1.82, 2.24) is 0 Å². The first-order chi connectivity index (χ1) is 12.9. The number of rotatable bonds is 9. The molecule has 0 unspecified atom stereocenters. The topological polar surface area (TPSA) is 64.6 Å². The van der Waals surface area contributed by atoms with Gasteiger partial charge < -0.3 is 14.8 Å². The highest BCUT2D eigenvalue weighted by Crippen LogP contribution is 2.14. The lowest BCUT2D eigenvalue weighted by Crippen LogP contribution is -2.13. The van der Waals surface area contributed by atoms with Crippen LogP contribution in [-0.4, -0.2) is 25.1 Å². The average molecular weight is 369 g/mol. The number of aryl methyl sites for hydroxylation is 1. The van der Waals surface area contributed by atoms with Crippen molar-refractivity contribution >= 4 is 17.6 Å². The third-order valence-corrected chi connectivity index (χ3v) is 3.76. The van der Waals surface area contributed by atoms with Gasteiger partial charge in [0.25, 0.3) is 0 Å². The number of hydrogen-bond donors (Lipinski definition) is 1. The van der Waals surface area contributed by atoms with Crippen LogP contribution in [-0.2, 0) is 9.53 Å². The van der Waals surface area contributed by atoms with Crippen molar-refractivity contribution in [1.29, 1.82) is 0 Å². The molecule has 0 aliphatic rings. The molecule has 0 saturated carbocycles. The van der Waals surface area contributed by atoms with Crippen LogP contribution in [0.25, 0.3) is 0 Å². The summed E-state index contributed by atoms with van der Waals surface area (Å²) in [7, 11) is 0. The van der Waals surface area contributed by atoms with Gasteiger partial charge in [-0.2, -0.15) is 0 Å². The Bertz CT molecular complexity index is 753. The quantitative estimate of drug-likeness (QED) is 0.518. The van der Waals surface area contributed by atoms with Gasteiger partial charge in [-0.1, -0.05) is 26.0 Å². The number of amides is 1. The number of hydrogen-bond acceptors (Lipinski definition) is 4. The predicted octanol–water partition coefficient (Wildman–Crippen LogP) is 4.61. The maximum absolute atomic E-state index is 12.0. The van der Waals surface area contributed by atoms with E-state index in [2.05, 4.69) is 5.32 Å². The predicted molar refractivity (Wildman–Crippen MR) is 106 cm³/mol. The number of carbonyl (C=O) groups excluding carboxylic acids is 2. The molecule has 0 aliphatic heterocycles. The second-order valence-corrected chi connectivity index (χ2v) is 6.89. The van der Waals surface area contributed by atoms with Crippen LogP contribution in [0.5, 0.6) is 5.75 Å². The number of nitrogens with one attached hydrogen (secondary N) is 1. The summed E-state index contributed by atoms with van der Waals surface area (Å²) in [6.45, 7) is 6.85. The molecule has 2 aromatic carbocycles. The van der Waals surface area contributed by atoms with Crippen LogP contribution in [0, 0.1) is 12.8 Å². The van der Waals surface area contributed by atoms with E-state index in [1.54, 1.807) is 24.3 Å². The highest BCUT2D eigenvalue weighted by molar-refractivity contribution is 5.93. The molecule has 2 rings (SSSR count). The van der Waals surface area contributed by atoms with Crippen LogP contribution in [0.3, 0.4) is 0 Å². The molecule has 0 spiro atoms. The first kappa shape index (κ1) is 20.5. The molecule has 2 aromatic rings. The molecule has 1 amide bonds. The fourth-order valence-corrected chi connectivity index (χ4v) is 2.37. The molecular weight excluding hydrogens is 342 g/mol. The third kappa shape index (κ3) is 7.52. The maximum atomic E-state index is 12.0. The van der Waals surface area contributed by atoms with Gasteiger partial charge in [-0.3, -0.25) is 4.79 Å². The Morgan fingerprint density at radius 2 is 1.81 bits per heavy atom. The standard InChI is InChI=1S/C22H27NO4/c1-16(2)15-27-22(25)18-9-11-19(12-10-18)23-21(24)8-5-13-26-20-7-4-6-17(3)14-20/h4,6-7,9-12,14,16H,5,8,13,15H2,1-3H3,(H,23,24). The summed E-state index contributed by atoms with van der Waals surface area (Å²) in [4.78, 5) is 23.9. The third-order valence-electron chi connectivity index (χ3n) is 3.76. The fraction of sp³-hybridized carbons (Fsp3) is 0.364. The van der Waals surface area contributed by atoms with E-state index in [0.29, 0.717) is 43.2 Å². The van der Waals surface area contributed by atoms with Crippen LogP contribution in [0.15, 0.2) is 48.5 Å². The zero-order valence-corrected chi connectivity index (χ0v) is 16.2. The van der Waals surface area contributed by atoms with Crippen molar-refractivity contribution < 1.29 is 19.1 Å². The van der Waals surface area contributed by atoms with Gasteiger partial charge in [-0.15, -0.1) is 0 Å². The number of anilines is 1. The van der Waals surface area contributed by atoms with Gasteiger partial charge >= 0.3 is 5.97 Å². The summed E-state index contributed by atoms with van der Waals surface area (Å²) in [6, 6.07) is 14.5. The highest BCUT2D eigenvalue weighted by atomic mass is 16.5. The minimum absolute atomic E-state index is 0.0852. The Hall–Kier alpha value is -2.82. The van der Waals surface area contributed by atoms with Crippen molar-refractivity contribution in [3.05, 3.63) is 59.7 Å². The van der Waals surface area contributed by atoms with Crippen molar-refractivity contribution in [2.24, 2.45) is 5.92 Å². The zero-order valence-electron chi connectivity index (χ0n) is 16.2. The van der Waals surface area contributed by atoms with Crippen molar-refractivity contribution in [3.63, 3.8) is 0 Å². The van der Waals surface area contributed by atoms with E-state index in [9.17, 15) is 9.59 Å². The zero-order chi connectivity index (χ0) is 19.6. The molecule has 1 N–H and O–H groups in total. The van der Waals surface area contributed by atoms with Crippen molar-refractivity contribution in [2.75, 3.05) is 18.5 Å². The molecule has 0 radical (unpaired) electrons. The molecule has 0 bridgehead atoms. The summed E-state index contributed by atoms with van der Waals surface area (Å²) in [5.41, 5.74) is 2.27. The molecule has 0 fully saturated rings. The normalized spacial score (nSPS) is 10.5. The first-order valence-electron chi connectivity index (χ1n) is 9.20. The number of benzene rings is 2. The molecular formula is C22H27NO4. The first-order valence-corrected chi connectivity index (χ1v) is 9.20. The Morgan fingerprint density at radius 3 is 2.48 bits per heavy atom. The lowest BCUT2D eigenvalue weighted by molar-refractivity contribution is -0.116. The Balaban J connectivity index is 1.71. The van der Waals surface area contributed by atoms with Gasteiger partial charge in [0, 0.05) is 12.1 Å². The summed E-state index contributed by atoms with van der Waals surface area (Å²) in [6.07, 6.45) is 0.989. The van der Waals surface area contributed by atoms with E-state index < -0.39 is 0 Å². The molecule has 0 atom stereocenters. The van der Waals surface area contributed by atoms with Crippen LogP contribution in [0.2, 0.25) is 0 Å². The Labute approximate surface area is 160 Å². The number of ether oxygens (including phenoxy) is 2. The number of esters is 1. The van der Waals surface area contributed by atoms with Crippen LogP contribution in [0.1, 0.15) is 42.6 Å². The molecule has 27 heavy (non-hydrogen) atoms. The van der Waals surface area contributed by atoms with Crippen LogP contribution in [0.4, 0.5) is 5.69 Å². The molecule has 0 aliphatic carbocycles. The Kier molecular flexibility index (Phi) is 7.86. The van der Waals surface area contributed by atoms with Gasteiger partial charge in [-0.25, -0.2) is 4.79 Å². The Morgan fingerprint density at radius 1 is 1.07 bits per heavy atom. The second kappa shape index (κ2) is 10.4. The minimum Gasteiger partial charge on any atom is -0.494 e. The summed E-state index contributed by atoms with van der Waals surface area (Å²) >= 11 is 0. The van der Waals surface area contributed by atoms with Crippen LogP contribution < -0.4 is 10.1 Å². The largest absolute Gasteiger partial charge is 0.494 e. The van der Waals surface area contributed by atoms with E-state index in [4.69, 9.17) is 9.47 Å². The monoisotopic (exact) mass is 369 g/mol. The van der Waals surface area contributed by atoms with Crippen LogP contribution >= 0.6 is 0 Å². The highest BCUT2D eigenvalue weighted by Gasteiger charge is 2.09. The SMILES string of the molecule is Cc1cccc(OCCCC(=O)Nc2ccc(C(=O)OCC(C)C)cc2)c1. The lowest BCUT2D eigenvalue weighted by atomic mass is 10.2. The van der Waals surface area contributed by atoms with E-state index in [1.165, 1.54) is 0 Å². The molecule has 5 nitrogen and oxygen atoms in total. The average Bonchev–Trinajstić information content (AvgIpc) is 2.64. The lowest BCUT2D eigenvalue weighted by Gasteiger charge is -2.09. The molecule has 0 heterocycles. The molecule has 144 valence electrons. The molecule has 5 heteroatoms. The minimum atomic E-state index is -0.352. The molecule has 0 saturated heterocycles. The van der Waals surface area contributed by atoms with Gasteiger partial charge in [0.15, 0.2) is 0 Å². The number of carbonyl (C=O) groups is 2. The summed E-state index contributed by atoms with van der Waals surface area (Å²) < 4.78 is 10.8. The summed E-state index contributed by atoms with van der Waals surface area (Å²) in [5.74, 6) is 0.672. The van der Waals surface area contributed by atoms with Gasteiger partial charge in [-0.05, 0) is 61.2 Å². The van der Waals surface area contributed by atoms with Gasteiger partial charge in [0.1, 0.15) is 5.75 Å². The van der Waals surface area contributed by atoms with E-state index in [-0.39, 0.29) is 11.9 Å². The maximum Gasteiger partial charge on any atom is 0.338 e. The smallest absolute Gasteiger partial charge is 0.338 e. The van der Waals surface area contributed by atoms with E-state index >= 15 is 0 Å². The fourth-order valence-electron chi connectivity index (χ4n) is 2.37.